The first-order valence-corrected chi connectivity index (χ1v) is 4.32. The predicted octanol–water partition coefficient (Wildman–Crippen LogP) is 3.37. The van der Waals surface area contributed by atoms with Crippen LogP contribution in [0.1, 0.15) is 11.3 Å². The first-order chi connectivity index (χ1) is 7.69. The molecular formula is C9H4F6N2. The summed E-state index contributed by atoms with van der Waals surface area (Å²) in [5, 5.41) is 0. The third kappa shape index (κ3) is 2.06. The number of rotatable bonds is 0. The Hall–Kier alpha value is -1.73. The molecule has 17 heavy (non-hydrogen) atoms. The molecule has 0 amide bonds. The normalized spacial score (nSPS) is 13.3. The second-order valence-electron chi connectivity index (χ2n) is 3.27. The van der Waals surface area contributed by atoms with Gasteiger partial charge in [-0.2, -0.15) is 26.3 Å². The minimum atomic E-state index is -4.77. The molecule has 0 aliphatic carbocycles. The van der Waals surface area contributed by atoms with Gasteiger partial charge in [-0.15, -0.1) is 0 Å². The van der Waals surface area contributed by atoms with Crippen molar-refractivity contribution in [2.24, 2.45) is 0 Å². The number of nitrogens with zero attached hydrogens (tertiary/aromatic N) is 2. The summed E-state index contributed by atoms with van der Waals surface area (Å²) in [5.41, 5.74) is -3.31. The fourth-order valence-corrected chi connectivity index (χ4v) is 1.37. The molecule has 2 aromatic heterocycles. The molecule has 0 unspecified atom stereocenters. The van der Waals surface area contributed by atoms with Crippen molar-refractivity contribution in [1.29, 1.82) is 0 Å². The van der Waals surface area contributed by atoms with Crippen LogP contribution >= 0.6 is 0 Å². The van der Waals surface area contributed by atoms with Gasteiger partial charge in [0.05, 0.1) is 5.56 Å². The number of pyridine rings is 1. The molecule has 0 bridgehead atoms. The topological polar surface area (TPSA) is 17.3 Å². The maximum absolute atomic E-state index is 12.5. The molecule has 0 aliphatic rings. The summed E-state index contributed by atoms with van der Waals surface area (Å²) in [6, 6.07) is 1.69. The van der Waals surface area contributed by atoms with E-state index >= 15 is 0 Å². The van der Waals surface area contributed by atoms with Gasteiger partial charge in [-0.1, -0.05) is 0 Å². The van der Waals surface area contributed by atoms with Crippen LogP contribution < -0.4 is 0 Å². The molecule has 0 aromatic carbocycles. The summed E-state index contributed by atoms with van der Waals surface area (Å²) in [6.45, 7) is 0. The van der Waals surface area contributed by atoms with Crippen molar-refractivity contribution in [3.8, 4) is 0 Å². The van der Waals surface area contributed by atoms with E-state index in [1.54, 1.807) is 0 Å². The van der Waals surface area contributed by atoms with Gasteiger partial charge in [0, 0.05) is 12.4 Å². The molecule has 0 atom stereocenters. The van der Waals surface area contributed by atoms with Crippen LogP contribution in [0.15, 0.2) is 24.5 Å². The molecule has 8 heteroatoms. The summed E-state index contributed by atoms with van der Waals surface area (Å²) in [5.74, 6) is 0. The highest BCUT2D eigenvalue weighted by atomic mass is 19.4. The molecule has 0 spiro atoms. The van der Waals surface area contributed by atoms with E-state index in [0.717, 1.165) is 12.3 Å². The lowest BCUT2D eigenvalue weighted by atomic mass is 10.2. The predicted molar refractivity (Wildman–Crippen MR) is 45.2 cm³/mol. The molecule has 2 aromatic rings. The van der Waals surface area contributed by atoms with Crippen LogP contribution in [0, 0.1) is 0 Å². The lowest BCUT2D eigenvalue weighted by Crippen LogP contribution is -2.08. The maximum Gasteiger partial charge on any atom is 0.434 e. The number of hydrogen-bond acceptors (Lipinski definition) is 1. The van der Waals surface area contributed by atoms with Crippen molar-refractivity contribution in [3.63, 3.8) is 0 Å². The number of halogens is 6. The number of fused-ring (bicyclic) bond motifs is 1. The van der Waals surface area contributed by atoms with Crippen LogP contribution in [0.25, 0.3) is 5.65 Å². The van der Waals surface area contributed by atoms with E-state index in [4.69, 9.17) is 0 Å². The van der Waals surface area contributed by atoms with Crippen molar-refractivity contribution in [2.45, 2.75) is 12.4 Å². The van der Waals surface area contributed by atoms with E-state index in [1.165, 1.54) is 0 Å². The van der Waals surface area contributed by atoms with E-state index in [0.29, 0.717) is 16.7 Å². The van der Waals surface area contributed by atoms with Crippen LogP contribution in [-0.4, -0.2) is 9.38 Å². The van der Waals surface area contributed by atoms with E-state index in [1.807, 2.05) is 0 Å². The van der Waals surface area contributed by atoms with Crippen LogP contribution in [0.3, 0.4) is 0 Å². The van der Waals surface area contributed by atoms with Gasteiger partial charge >= 0.3 is 12.4 Å². The number of aromatic nitrogens is 2. The van der Waals surface area contributed by atoms with E-state index in [2.05, 4.69) is 4.98 Å². The summed E-state index contributed by atoms with van der Waals surface area (Å²) in [4.78, 5) is 2.97. The molecule has 0 aliphatic heterocycles. The molecule has 92 valence electrons. The summed E-state index contributed by atoms with van der Waals surface area (Å²) >= 11 is 0. The van der Waals surface area contributed by atoms with E-state index < -0.39 is 29.3 Å². The average molecular weight is 254 g/mol. The van der Waals surface area contributed by atoms with Gasteiger partial charge in [0.25, 0.3) is 0 Å². The molecular weight excluding hydrogens is 250 g/mol. The highest BCUT2D eigenvalue weighted by Crippen LogP contribution is 2.34. The fourth-order valence-electron chi connectivity index (χ4n) is 1.37. The quantitative estimate of drug-likeness (QED) is 0.659. The summed E-state index contributed by atoms with van der Waals surface area (Å²) in [7, 11) is 0. The van der Waals surface area contributed by atoms with Gasteiger partial charge < -0.3 is 4.40 Å². The second kappa shape index (κ2) is 3.38. The minimum Gasteiger partial charge on any atom is -0.306 e. The monoisotopic (exact) mass is 254 g/mol. The van der Waals surface area contributed by atoms with Crippen LogP contribution in [-0.2, 0) is 12.4 Å². The average Bonchev–Trinajstić information content (AvgIpc) is 2.57. The lowest BCUT2D eigenvalue weighted by Gasteiger charge is -2.06. The minimum absolute atomic E-state index is 0.518. The zero-order chi connectivity index (χ0) is 12.8. The third-order valence-electron chi connectivity index (χ3n) is 2.08. The molecule has 0 radical (unpaired) electrons. The smallest absolute Gasteiger partial charge is 0.306 e. The Morgan fingerprint density at radius 1 is 1.00 bits per heavy atom. The Kier molecular flexibility index (Phi) is 2.33. The SMILES string of the molecule is FC(F)(F)c1cn2cccc(C(F)(F)F)c2n1. The van der Waals surface area contributed by atoms with Gasteiger partial charge in [0.1, 0.15) is 5.65 Å². The molecule has 0 fully saturated rings. The number of imidazole rings is 1. The van der Waals surface area contributed by atoms with Gasteiger partial charge in [-0.3, -0.25) is 0 Å². The Labute approximate surface area is 90.5 Å². The van der Waals surface area contributed by atoms with Crippen molar-refractivity contribution < 1.29 is 26.3 Å². The zero-order valence-corrected chi connectivity index (χ0v) is 7.97. The Balaban J connectivity index is 2.70. The number of hydrogen-bond donors (Lipinski definition) is 0. The third-order valence-corrected chi connectivity index (χ3v) is 2.08. The number of alkyl halides is 6. The van der Waals surface area contributed by atoms with Crippen molar-refractivity contribution in [3.05, 3.63) is 35.8 Å². The maximum atomic E-state index is 12.5. The van der Waals surface area contributed by atoms with Gasteiger partial charge in [0.15, 0.2) is 5.69 Å². The van der Waals surface area contributed by atoms with Crippen molar-refractivity contribution >= 4 is 5.65 Å². The van der Waals surface area contributed by atoms with Crippen LogP contribution in [0.5, 0.6) is 0 Å². The molecule has 2 heterocycles. The highest BCUT2D eigenvalue weighted by molar-refractivity contribution is 5.50. The Morgan fingerprint density at radius 3 is 2.18 bits per heavy atom. The largest absolute Gasteiger partial charge is 0.434 e. The van der Waals surface area contributed by atoms with Crippen LogP contribution in [0.2, 0.25) is 0 Å². The lowest BCUT2D eigenvalue weighted by molar-refractivity contribution is -0.141. The first kappa shape index (κ1) is 11.7. The summed E-state index contributed by atoms with van der Waals surface area (Å²) < 4.78 is 75.1. The molecule has 0 saturated carbocycles. The highest BCUT2D eigenvalue weighted by Gasteiger charge is 2.37. The van der Waals surface area contributed by atoms with Crippen LogP contribution in [0.4, 0.5) is 26.3 Å². The second-order valence-corrected chi connectivity index (χ2v) is 3.27. The fraction of sp³-hybridized carbons (Fsp3) is 0.222. The van der Waals surface area contributed by atoms with E-state index in [9.17, 15) is 26.3 Å². The molecule has 2 rings (SSSR count). The van der Waals surface area contributed by atoms with Gasteiger partial charge in [0.2, 0.25) is 0 Å². The molecule has 0 N–H and O–H groups in total. The van der Waals surface area contributed by atoms with Crippen molar-refractivity contribution in [1.82, 2.24) is 9.38 Å². The first-order valence-electron chi connectivity index (χ1n) is 4.32. The Morgan fingerprint density at radius 2 is 1.65 bits per heavy atom. The standard InChI is InChI=1S/C9H4F6N2/c10-8(11,12)5-2-1-3-17-4-6(9(13,14)15)16-7(5)17/h1-4H. The Bertz CT molecular complexity index is 551. The zero-order valence-electron chi connectivity index (χ0n) is 7.97. The molecule has 0 saturated heterocycles. The van der Waals surface area contributed by atoms with Gasteiger partial charge in [-0.05, 0) is 12.1 Å². The van der Waals surface area contributed by atoms with Gasteiger partial charge in [-0.25, -0.2) is 4.98 Å². The van der Waals surface area contributed by atoms with E-state index in [-0.39, 0.29) is 0 Å². The molecule has 2 nitrogen and oxygen atoms in total. The summed E-state index contributed by atoms with van der Waals surface area (Å²) in [6.07, 6.45) is -7.91. The van der Waals surface area contributed by atoms with Crippen molar-refractivity contribution in [2.75, 3.05) is 0 Å².